The topological polar surface area (TPSA) is 25.8 Å². The molecule has 0 aliphatic heterocycles. The van der Waals surface area contributed by atoms with Crippen molar-refractivity contribution in [3.63, 3.8) is 0 Å². The molecular weight excluding hydrogens is 725 g/mol. The summed E-state index contributed by atoms with van der Waals surface area (Å²) in [5.74, 6) is 0.713. The molecule has 0 spiro atoms. The number of thiophene rings is 1. The van der Waals surface area contributed by atoms with Crippen molar-refractivity contribution in [2.24, 2.45) is 0 Å². The number of fused-ring (bicyclic) bond motifs is 3. The van der Waals surface area contributed by atoms with Crippen LogP contribution in [0.25, 0.3) is 42.7 Å². The predicted octanol–water partition coefficient (Wildman–Crippen LogP) is 9.97. The first kappa shape index (κ1) is 26.7. The third kappa shape index (κ3) is 6.50. The molecule has 0 unspecified atom stereocenters. The molecule has 3 aromatic heterocycles. The van der Waals surface area contributed by atoms with E-state index in [2.05, 4.69) is 85.4 Å². The van der Waals surface area contributed by atoms with E-state index >= 15 is 0 Å². The second kappa shape index (κ2) is 13.1. The van der Waals surface area contributed by atoms with Gasteiger partial charge in [0.05, 0.1) is 8.07 Å². The fourth-order valence-electron chi connectivity index (χ4n) is 5.77. The van der Waals surface area contributed by atoms with Crippen LogP contribution in [0.2, 0.25) is 19.6 Å². The monoisotopic (exact) mass is 764 g/mol. The predicted molar refractivity (Wildman–Crippen MR) is 179 cm³/mol. The number of pyridine rings is 2. The Labute approximate surface area is 272 Å². The molecule has 1 saturated carbocycles. The van der Waals surface area contributed by atoms with E-state index in [0.29, 0.717) is 5.92 Å². The quantitative estimate of drug-likeness (QED) is 0.132. The minimum absolute atomic E-state index is 0. The van der Waals surface area contributed by atoms with E-state index in [1.54, 1.807) is 23.4 Å². The van der Waals surface area contributed by atoms with Gasteiger partial charge in [0.15, 0.2) is 0 Å². The molecule has 0 atom stereocenters. The smallest absolute Gasteiger partial charge is 0.0783 e. The van der Waals surface area contributed by atoms with Crippen LogP contribution in [0.3, 0.4) is 0 Å². The molecule has 1 aliphatic rings. The van der Waals surface area contributed by atoms with Gasteiger partial charge in [0, 0.05) is 41.3 Å². The second-order valence-corrected chi connectivity index (χ2v) is 17.9. The van der Waals surface area contributed by atoms with Gasteiger partial charge in [0.2, 0.25) is 0 Å². The van der Waals surface area contributed by atoms with E-state index < -0.39 is 14.9 Å². The van der Waals surface area contributed by atoms with Crippen molar-refractivity contribution in [1.82, 2.24) is 9.97 Å². The van der Waals surface area contributed by atoms with Gasteiger partial charge in [-0.2, -0.15) is 11.3 Å². The molecule has 0 bridgehead atoms. The summed E-state index contributed by atoms with van der Waals surface area (Å²) in [6, 6.07) is 32.9. The summed E-state index contributed by atoms with van der Waals surface area (Å²) in [6.07, 6.45) is 8.86. The summed E-state index contributed by atoms with van der Waals surface area (Å²) in [6.45, 7) is 5.21. The Morgan fingerprint density at radius 1 is 0.833 bits per heavy atom. The van der Waals surface area contributed by atoms with E-state index in [-0.39, 0.29) is 25.7 Å². The maximum Gasteiger partial charge on any atom is 0.0783 e. The minimum Gasteiger partial charge on any atom is -0.304 e. The van der Waals surface area contributed by atoms with Crippen LogP contribution in [-0.4, -0.2) is 18.0 Å². The molecule has 0 amide bonds. The van der Waals surface area contributed by atoms with Crippen LogP contribution in [0.4, 0.5) is 0 Å². The third-order valence-electron chi connectivity index (χ3n) is 7.88. The Morgan fingerprint density at radius 2 is 1.64 bits per heavy atom. The maximum absolute atomic E-state index is 7.23. The van der Waals surface area contributed by atoms with Crippen molar-refractivity contribution in [2.45, 2.75) is 58.1 Å². The van der Waals surface area contributed by atoms with E-state index in [4.69, 9.17) is 9.10 Å². The van der Waals surface area contributed by atoms with Crippen LogP contribution in [0.5, 0.6) is 0 Å². The van der Waals surface area contributed by atoms with Gasteiger partial charge >= 0.3 is 0 Å². The molecule has 1 fully saturated rings. The molecule has 42 heavy (non-hydrogen) atoms. The van der Waals surface area contributed by atoms with Gasteiger partial charge in [-0.1, -0.05) is 79.5 Å². The normalized spacial score (nSPS) is 14.9. The Bertz CT molecular complexity index is 1870. The molecule has 7 rings (SSSR count). The van der Waals surface area contributed by atoms with Gasteiger partial charge in [0.1, 0.15) is 0 Å². The molecule has 0 N–H and O–H groups in total. The van der Waals surface area contributed by atoms with Crippen LogP contribution >= 0.6 is 11.3 Å². The third-order valence-corrected chi connectivity index (χ3v) is 11.1. The fourth-order valence-corrected chi connectivity index (χ4v) is 8.71. The zero-order valence-electron chi connectivity index (χ0n) is 27.2. The van der Waals surface area contributed by atoms with Crippen molar-refractivity contribution in [1.29, 1.82) is 0 Å². The van der Waals surface area contributed by atoms with Gasteiger partial charge in [-0.05, 0) is 64.3 Å². The molecule has 0 saturated heterocycles. The number of hydrogen-bond acceptors (Lipinski definition) is 3. The van der Waals surface area contributed by atoms with Crippen molar-refractivity contribution < 1.29 is 24.2 Å². The largest absolute Gasteiger partial charge is 0.304 e. The molecule has 5 heteroatoms. The van der Waals surface area contributed by atoms with E-state index in [1.807, 2.05) is 29.5 Å². The summed E-state index contributed by atoms with van der Waals surface area (Å²) in [4.78, 5) is 8.99. The van der Waals surface area contributed by atoms with Crippen LogP contribution in [-0.2, 0) is 20.1 Å². The standard InChI is InChI=1S/C25H26NSSi.C12H10N.Ir/c1-28(2,3)23-13-7-12-22-24(23)20-11-6-10-19(25(20)27-22)21-15-14-18(16-26-21)17-8-4-5-9-17;1-10-7-8-12(13-9-10)11-5-3-2-4-6-11;/h6-7,11-17H,4-5,8-9H2,1-3H3;2-5,7-9H,1H3;/q2*-1;/i;1D3;. The Hall–Kier alpha value is -2.95. The Morgan fingerprint density at radius 3 is 2.31 bits per heavy atom. The summed E-state index contributed by atoms with van der Waals surface area (Å²) in [7, 11) is -1.42. The fraction of sp³-hybridized carbons (Fsp3) is 0.243. The Balaban J connectivity index is 0.000000202. The number of aryl methyl sites for hydroxylation is 1. The van der Waals surface area contributed by atoms with Gasteiger partial charge in [0.25, 0.3) is 0 Å². The molecule has 3 aromatic carbocycles. The number of hydrogen-bond donors (Lipinski definition) is 0. The number of nitrogens with zero attached hydrogens (tertiary/aromatic N) is 2. The summed E-state index contributed by atoms with van der Waals surface area (Å²) < 4.78 is 24.4. The van der Waals surface area contributed by atoms with Gasteiger partial charge in [-0.15, -0.1) is 59.7 Å². The van der Waals surface area contributed by atoms with Crippen LogP contribution in [0, 0.1) is 19.0 Å². The molecule has 6 aromatic rings. The molecule has 1 aliphatic carbocycles. The van der Waals surface area contributed by atoms with E-state index in [1.165, 1.54) is 57.6 Å². The molecule has 1 radical (unpaired) electrons. The Kier molecular flexibility index (Phi) is 8.34. The van der Waals surface area contributed by atoms with Crippen molar-refractivity contribution in [2.75, 3.05) is 0 Å². The van der Waals surface area contributed by atoms with Crippen molar-refractivity contribution >= 4 is 44.8 Å². The number of benzene rings is 3. The summed E-state index contributed by atoms with van der Waals surface area (Å²) in [5.41, 5.74) is 5.46. The number of rotatable bonds is 4. The summed E-state index contributed by atoms with van der Waals surface area (Å²) in [5, 5.41) is 4.38. The van der Waals surface area contributed by atoms with Crippen LogP contribution in [0.15, 0.2) is 91.3 Å². The zero-order valence-corrected chi connectivity index (χ0v) is 28.4. The average Bonchev–Trinajstić information content (AvgIpc) is 3.70. The maximum atomic E-state index is 7.23. The van der Waals surface area contributed by atoms with Crippen LogP contribution < -0.4 is 5.19 Å². The summed E-state index contributed by atoms with van der Waals surface area (Å²) >= 11 is 1.89. The first-order valence-electron chi connectivity index (χ1n) is 15.9. The number of aromatic nitrogens is 2. The van der Waals surface area contributed by atoms with Gasteiger partial charge < -0.3 is 9.97 Å². The van der Waals surface area contributed by atoms with E-state index in [0.717, 1.165) is 22.5 Å². The molecule has 2 nitrogen and oxygen atoms in total. The minimum atomic E-state index is -2.09. The SMILES string of the molecule is C[Si](C)(C)c1cccc2sc3c(-c4ccc(C5CCCC5)cn4)[c-]ccc3c12.[2H]C([2H])([2H])c1ccc(-c2[c-]cccc2)nc1.[Ir]. The van der Waals surface area contributed by atoms with Crippen LogP contribution in [0.1, 0.15) is 46.8 Å². The second-order valence-electron chi connectivity index (χ2n) is 11.8. The van der Waals surface area contributed by atoms with E-state index in [9.17, 15) is 0 Å². The first-order valence-corrected chi connectivity index (χ1v) is 18.7. The molecular formula is C37H36IrN2SSi-2. The zero-order chi connectivity index (χ0) is 30.9. The van der Waals surface area contributed by atoms with Crippen molar-refractivity contribution in [3.8, 4) is 22.5 Å². The molecule has 215 valence electrons. The average molecular weight is 764 g/mol. The molecule has 3 heterocycles. The van der Waals surface area contributed by atoms with Gasteiger partial charge in [-0.3, -0.25) is 0 Å². The first-order chi connectivity index (χ1) is 21.1. The van der Waals surface area contributed by atoms with Gasteiger partial charge in [-0.25, -0.2) is 0 Å². The van der Waals surface area contributed by atoms with Crippen molar-refractivity contribution in [3.05, 3.63) is 115 Å².